The summed E-state index contributed by atoms with van der Waals surface area (Å²) < 4.78 is 46.5. The standard InChI is InChI=1S/C23H23F3N4O2/c1-13(18-8-5-9-19(21(18)24)22(25)26)28-23-20(11-27-14(2)29-23)32-12-16-6-4-7-17(10-16)30-15(3)31/h4-11,13,22H,12H2,1-3H3,(H,30,31)(H,27,28,29)/t13-/m1/s1. The third-order valence-electron chi connectivity index (χ3n) is 4.63. The number of nitrogens with zero attached hydrogens (tertiary/aromatic N) is 2. The quantitative estimate of drug-likeness (QED) is 0.475. The van der Waals surface area contributed by atoms with Crippen molar-refractivity contribution >= 4 is 17.4 Å². The van der Waals surface area contributed by atoms with Crippen LogP contribution in [0.25, 0.3) is 0 Å². The maximum absolute atomic E-state index is 14.5. The van der Waals surface area contributed by atoms with Crippen molar-refractivity contribution < 1.29 is 22.7 Å². The highest BCUT2D eigenvalue weighted by molar-refractivity contribution is 5.88. The Morgan fingerprint density at radius 2 is 1.88 bits per heavy atom. The molecule has 0 aliphatic carbocycles. The molecular formula is C23H23F3N4O2. The Hall–Kier alpha value is -3.62. The molecule has 1 aromatic heterocycles. The van der Waals surface area contributed by atoms with Gasteiger partial charge in [0.1, 0.15) is 18.2 Å². The predicted octanol–water partition coefficient (Wildman–Crippen LogP) is 5.57. The summed E-state index contributed by atoms with van der Waals surface area (Å²) in [6.07, 6.45) is -1.42. The summed E-state index contributed by atoms with van der Waals surface area (Å²) in [5.41, 5.74) is 0.880. The molecule has 3 aromatic rings. The van der Waals surface area contributed by atoms with Gasteiger partial charge >= 0.3 is 0 Å². The Balaban J connectivity index is 1.79. The van der Waals surface area contributed by atoms with Crippen LogP contribution in [0.5, 0.6) is 5.75 Å². The largest absolute Gasteiger partial charge is 0.483 e. The molecule has 1 heterocycles. The summed E-state index contributed by atoms with van der Waals surface area (Å²) in [6, 6.07) is 10.4. The lowest BCUT2D eigenvalue weighted by Gasteiger charge is -2.19. The number of carbonyl (C=O) groups excluding carboxylic acids is 1. The third kappa shape index (κ3) is 5.75. The van der Waals surface area contributed by atoms with Gasteiger partial charge in [-0.05, 0) is 31.5 Å². The van der Waals surface area contributed by atoms with Crippen LogP contribution >= 0.6 is 0 Å². The van der Waals surface area contributed by atoms with Crippen LogP contribution in [0.1, 0.15) is 48.8 Å². The number of benzene rings is 2. The fraction of sp³-hybridized carbons (Fsp3) is 0.261. The van der Waals surface area contributed by atoms with E-state index < -0.39 is 23.8 Å². The first-order valence-electron chi connectivity index (χ1n) is 9.90. The monoisotopic (exact) mass is 444 g/mol. The van der Waals surface area contributed by atoms with Crippen LogP contribution in [0.2, 0.25) is 0 Å². The minimum Gasteiger partial charge on any atom is -0.483 e. The van der Waals surface area contributed by atoms with E-state index in [1.165, 1.54) is 25.3 Å². The summed E-state index contributed by atoms with van der Waals surface area (Å²) >= 11 is 0. The van der Waals surface area contributed by atoms with Gasteiger partial charge < -0.3 is 15.4 Å². The normalized spacial score (nSPS) is 11.8. The Bertz CT molecular complexity index is 1110. The lowest BCUT2D eigenvalue weighted by molar-refractivity contribution is -0.114. The van der Waals surface area contributed by atoms with E-state index in [0.29, 0.717) is 23.1 Å². The second kappa shape index (κ2) is 10.1. The number of nitrogens with one attached hydrogen (secondary N) is 2. The van der Waals surface area contributed by atoms with Gasteiger partial charge in [0.25, 0.3) is 6.43 Å². The van der Waals surface area contributed by atoms with Crippen molar-refractivity contribution in [3.8, 4) is 5.75 Å². The van der Waals surface area contributed by atoms with Crippen LogP contribution in [-0.2, 0) is 11.4 Å². The van der Waals surface area contributed by atoms with Gasteiger partial charge in [-0.2, -0.15) is 0 Å². The molecule has 6 nitrogen and oxygen atoms in total. The average Bonchev–Trinajstić information content (AvgIpc) is 2.73. The number of amides is 1. The topological polar surface area (TPSA) is 76.1 Å². The van der Waals surface area contributed by atoms with Crippen LogP contribution in [0.15, 0.2) is 48.7 Å². The van der Waals surface area contributed by atoms with Crippen LogP contribution in [0.3, 0.4) is 0 Å². The van der Waals surface area contributed by atoms with Gasteiger partial charge in [0.15, 0.2) is 11.6 Å². The summed E-state index contributed by atoms with van der Waals surface area (Å²) in [6.45, 7) is 4.92. The van der Waals surface area contributed by atoms with Crippen molar-refractivity contribution in [1.82, 2.24) is 9.97 Å². The number of alkyl halides is 2. The molecule has 1 amide bonds. The molecular weight excluding hydrogens is 421 g/mol. The number of rotatable bonds is 8. The van der Waals surface area contributed by atoms with E-state index in [9.17, 15) is 18.0 Å². The fourth-order valence-corrected chi connectivity index (χ4v) is 3.13. The summed E-state index contributed by atoms with van der Waals surface area (Å²) in [5.74, 6) is -0.0478. The highest BCUT2D eigenvalue weighted by Gasteiger charge is 2.20. The van der Waals surface area contributed by atoms with Gasteiger partial charge in [0.2, 0.25) is 5.91 Å². The van der Waals surface area contributed by atoms with Crippen molar-refractivity contribution in [2.45, 2.75) is 39.8 Å². The SMILES string of the molecule is CC(=O)Nc1cccc(COc2cnc(C)nc2N[C@H](C)c2cccc(C(F)F)c2F)c1. The van der Waals surface area contributed by atoms with Crippen LogP contribution in [0, 0.1) is 12.7 Å². The minimum atomic E-state index is -2.91. The van der Waals surface area contributed by atoms with E-state index in [1.54, 1.807) is 32.0 Å². The third-order valence-corrected chi connectivity index (χ3v) is 4.63. The van der Waals surface area contributed by atoms with Crippen molar-refractivity contribution in [2.24, 2.45) is 0 Å². The molecule has 0 radical (unpaired) electrons. The molecule has 3 rings (SSSR count). The summed E-state index contributed by atoms with van der Waals surface area (Å²) in [5, 5.41) is 5.73. The Morgan fingerprint density at radius 3 is 2.59 bits per heavy atom. The minimum absolute atomic E-state index is 0.0908. The van der Waals surface area contributed by atoms with Gasteiger partial charge in [0.05, 0.1) is 17.8 Å². The number of hydrogen-bond donors (Lipinski definition) is 2. The maximum Gasteiger partial charge on any atom is 0.266 e. The fourth-order valence-electron chi connectivity index (χ4n) is 3.13. The highest BCUT2D eigenvalue weighted by atomic mass is 19.3. The van der Waals surface area contributed by atoms with Crippen molar-refractivity contribution in [2.75, 3.05) is 10.6 Å². The second-order valence-corrected chi connectivity index (χ2v) is 7.22. The molecule has 32 heavy (non-hydrogen) atoms. The molecule has 0 saturated carbocycles. The molecule has 9 heteroatoms. The first-order chi connectivity index (χ1) is 15.2. The van der Waals surface area contributed by atoms with E-state index in [-0.39, 0.29) is 18.1 Å². The summed E-state index contributed by atoms with van der Waals surface area (Å²) in [4.78, 5) is 19.7. The lowest BCUT2D eigenvalue weighted by atomic mass is 10.0. The number of aromatic nitrogens is 2. The van der Waals surface area contributed by atoms with E-state index in [1.807, 2.05) is 6.07 Å². The average molecular weight is 444 g/mol. The molecule has 2 aromatic carbocycles. The van der Waals surface area contributed by atoms with Crippen LogP contribution in [0.4, 0.5) is 24.7 Å². The molecule has 0 aliphatic heterocycles. The number of aryl methyl sites for hydroxylation is 1. The molecule has 0 saturated heterocycles. The van der Waals surface area contributed by atoms with Crippen molar-refractivity contribution in [1.29, 1.82) is 0 Å². The molecule has 168 valence electrons. The van der Waals surface area contributed by atoms with Crippen LogP contribution in [-0.4, -0.2) is 15.9 Å². The molecule has 0 unspecified atom stereocenters. The van der Waals surface area contributed by atoms with E-state index in [0.717, 1.165) is 11.6 Å². The van der Waals surface area contributed by atoms with Crippen molar-refractivity contribution in [3.05, 3.63) is 77.0 Å². The molecule has 0 fully saturated rings. The number of halogens is 3. The maximum atomic E-state index is 14.5. The van der Waals surface area contributed by atoms with E-state index in [4.69, 9.17) is 4.74 Å². The van der Waals surface area contributed by atoms with Crippen LogP contribution < -0.4 is 15.4 Å². The summed E-state index contributed by atoms with van der Waals surface area (Å²) in [7, 11) is 0. The van der Waals surface area contributed by atoms with E-state index >= 15 is 0 Å². The zero-order chi connectivity index (χ0) is 23.3. The Kier molecular flexibility index (Phi) is 7.29. The lowest BCUT2D eigenvalue weighted by Crippen LogP contribution is -2.13. The zero-order valence-corrected chi connectivity index (χ0v) is 17.8. The van der Waals surface area contributed by atoms with Gasteiger partial charge in [0, 0.05) is 18.2 Å². The molecule has 0 aliphatic rings. The Morgan fingerprint density at radius 1 is 1.16 bits per heavy atom. The molecule has 0 spiro atoms. The van der Waals surface area contributed by atoms with Gasteiger partial charge in [-0.1, -0.05) is 30.3 Å². The smallest absolute Gasteiger partial charge is 0.266 e. The number of hydrogen-bond acceptors (Lipinski definition) is 5. The molecule has 0 bridgehead atoms. The zero-order valence-electron chi connectivity index (χ0n) is 17.8. The van der Waals surface area contributed by atoms with E-state index in [2.05, 4.69) is 20.6 Å². The first-order valence-corrected chi connectivity index (χ1v) is 9.90. The van der Waals surface area contributed by atoms with Gasteiger partial charge in [-0.3, -0.25) is 4.79 Å². The molecule has 1 atom stereocenters. The first kappa shape index (κ1) is 23.1. The highest BCUT2D eigenvalue weighted by Crippen LogP contribution is 2.31. The number of ether oxygens (including phenoxy) is 1. The molecule has 2 N–H and O–H groups in total. The van der Waals surface area contributed by atoms with Gasteiger partial charge in [-0.15, -0.1) is 0 Å². The number of anilines is 2. The second-order valence-electron chi connectivity index (χ2n) is 7.22. The number of carbonyl (C=O) groups is 1. The van der Waals surface area contributed by atoms with Gasteiger partial charge in [-0.25, -0.2) is 23.1 Å². The Labute approximate surface area is 183 Å². The van der Waals surface area contributed by atoms with Crippen molar-refractivity contribution in [3.63, 3.8) is 0 Å². The predicted molar refractivity (Wildman–Crippen MR) is 115 cm³/mol.